The van der Waals surface area contributed by atoms with Crippen molar-refractivity contribution in [1.29, 1.82) is 0 Å². The Morgan fingerprint density at radius 1 is 1.11 bits per heavy atom. The zero-order valence-electron chi connectivity index (χ0n) is 21.7. The van der Waals surface area contributed by atoms with Crippen LogP contribution in [0.25, 0.3) is 11.0 Å². The van der Waals surface area contributed by atoms with Gasteiger partial charge in [0.25, 0.3) is 0 Å². The van der Waals surface area contributed by atoms with Gasteiger partial charge < -0.3 is 28.5 Å². The molecule has 1 N–H and O–H groups in total. The van der Waals surface area contributed by atoms with Crippen LogP contribution in [0, 0.1) is 18.8 Å². The number of hydrogen-bond donors (Lipinski definition) is 1. The van der Waals surface area contributed by atoms with Crippen LogP contribution in [-0.4, -0.2) is 75.7 Å². The van der Waals surface area contributed by atoms with E-state index in [1.165, 1.54) is 0 Å². The molecule has 0 spiro atoms. The summed E-state index contributed by atoms with van der Waals surface area (Å²) in [6.45, 7) is 5.64. The Balaban J connectivity index is 1.45. The highest BCUT2D eigenvalue weighted by Crippen LogP contribution is 2.38. The lowest BCUT2D eigenvalue weighted by Crippen LogP contribution is -2.57. The van der Waals surface area contributed by atoms with Crippen molar-refractivity contribution in [3.63, 3.8) is 0 Å². The third kappa shape index (κ3) is 5.79. The van der Waals surface area contributed by atoms with Gasteiger partial charge in [-0.2, -0.15) is 4.41 Å². The number of carboxylic acid groups (broad SMARTS) is 1. The van der Waals surface area contributed by atoms with E-state index in [1.54, 1.807) is 32.2 Å². The molecule has 2 aromatic carbocycles. The molecular weight excluding hydrogens is 510 g/mol. The molecule has 1 aliphatic heterocycles. The quantitative estimate of drug-likeness (QED) is 0.339. The van der Waals surface area contributed by atoms with Crippen LogP contribution in [0.2, 0.25) is 0 Å². The van der Waals surface area contributed by atoms with Crippen LogP contribution in [0.4, 0.5) is 5.69 Å². The van der Waals surface area contributed by atoms with E-state index in [-0.39, 0.29) is 6.42 Å². The van der Waals surface area contributed by atoms with E-state index in [2.05, 4.69) is 16.7 Å². The number of piperazine rings is 1. The number of ether oxygens (including phenoxy) is 2. The van der Waals surface area contributed by atoms with Gasteiger partial charge in [0.15, 0.2) is 17.1 Å². The third-order valence-corrected chi connectivity index (χ3v) is 7.43. The van der Waals surface area contributed by atoms with Crippen LogP contribution < -0.4 is 14.4 Å². The maximum atomic E-state index is 11.8. The average molecular weight is 541 g/mol. The molecule has 0 saturated carbocycles. The van der Waals surface area contributed by atoms with Gasteiger partial charge in [-0.15, -0.1) is 0 Å². The van der Waals surface area contributed by atoms with E-state index >= 15 is 0 Å². The van der Waals surface area contributed by atoms with Crippen molar-refractivity contribution in [2.24, 2.45) is 0 Å². The lowest BCUT2D eigenvalue weighted by atomic mass is 10.1. The van der Waals surface area contributed by atoms with Crippen molar-refractivity contribution in [2.75, 3.05) is 45.3 Å². The molecule has 0 aliphatic carbocycles. The van der Waals surface area contributed by atoms with Crippen molar-refractivity contribution < 1.29 is 32.6 Å². The lowest BCUT2D eigenvalue weighted by Gasteiger charge is -2.44. The van der Waals surface area contributed by atoms with Crippen molar-refractivity contribution in [2.45, 2.75) is 26.3 Å². The van der Waals surface area contributed by atoms with Crippen LogP contribution in [-0.2, 0) is 16.1 Å². The summed E-state index contributed by atoms with van der Waals surface area (Å²) >= 11 is -2.55. The monoisotopic (exact) mass is 540 g/mol. The topological polar surface area (TPSA) is 119 Å². The summed E-state index contributed by atoms with van der Waals surface area (Å²) in [5.41, 5.74) is 3.29. The first-order chi connectivity index (χ1) is 18.2. The molecular formula is C27H30N3O7S-. The predicted octanol–water partition coefficient (Wildman–Crippen LogP) is 3.15. The largest absolute Gasteiger partial charge is 0.759 e. The number of carbonyl (C=O) groups is 1. The maximum Gasteiger partial charge on any atom is 0.305 e. The minimum Gasteiger partial charge on any atom is -0.759 e. The highest BCUT2D eigenvalue weighted by molar-refractivity contribution is 7.76. The summed E-state index contributed by atoms with van der Waals surface area (Å²) in [6, 6.07) is 10.8. The van der Waals surface area contributed by atoms with Crippen LogP contribution in [0.5, 0.6) is 11.5 Å². The number of methoxy groups -OCH3 is 2. The number of aliphatic carboxylic acids is 1. The van der Waals surface area contributed by atoms with E-state index in [0.717, 1.165) is 26.6 Å². The van der Waals surface area contributed by atoms with Crippen LogP contribution in [0.15, 0.2) is 40.8 Å². The molecule has 0 amide bonds. The molecule has 0 bridgehead atoms. The van der Waals surface area contributed by atoms with Gasteiger partial charge in [0.2, 0.25) is 0 Å². The molecule has 38 heavy (non-hydrogen) atoms. The van der Waals surface area contributed by atoms with Gasteiger partial charge in [-0.05, 0) is 56.2 Å². The fourth-order valence-electron chi connectivity index (χ4n) is 4.63. The number of hydrazine groups is 1. The van der Waals surface area contributed by atoms with E-state index in [1.807, 2.05) is 37.3 Å². The molecule has 1 fully saturated rings. The maximum absolute atomic E-state index is 11.8. The fourth-order valence-corrected chi connectivity index (χ4v) is 5.35. The number of nitrogens with zero attached hydrogens (tertiary/aromatic N) is 3. The Bertz CT molecular complexity index is 1390. The summed E-state index contributed by atoms with van der Waals surface area (Å²) in [5, 5.41) is 11.6. The summed E-state index contributed by atoms with van der Waals surface area (Å²) in [7, 11) is 3.20. The molecule has 4 rings (SSSR count). The van der Waals surface area contributed by atoms with E-state index < -0.39 is 23.3 Å². The second-order valence-corrected chi connectivity index (χ2v) is 9.74. The fraction of sp³-hybridized carbons (Fsp3) is 0.370. The first-order valence-electron chi connectivity index (χ1n) is 12.1. The molecule has 1 saturated heterocycles. The third-order valence-electron chi connectivity index (χ3n) is 6.53. The molecule has 2 atom stereocenters. The van der Waals surface area contributed by atoms with Gasteiger partial charge in [0, 0.05) is 60.3 Å². The zero-order valence-corrected chi connectivity index (χ0v) is 22.5. The molecule has 2 heterocycles. The van der Waals surface area contributed by atoms with Gasteiger partial charge in [0.1, 0.15) is 5.75 Å². The Morgan fingerprint density at radius 3 is 2.32 bits per heavy atom. The highest BCUT2D eigenvalue weighted by atomic mass is 32.2. The van der Waals surface area contributed by atoms with Crippen LogP contribution in [0.1, 0.15) is 30.2 Å². The van der Waals surface area contributed by atoms with E-state index in [4.69, 9.17) is 19.0 Å². The number of rotatable bonds is 8. The second kappa shape index (κ2) is 11.9. The van der Waals surface area contributed by atoms with Crippen molar-refractivity contribution in [3.05, 3.63) is 53.3 Å². The number of aryl methyl sites for hydroxylation is 1. The standard InChI is InChI=1S/C27H31N3O7S/c1-18(17-25(31)32)30(38(33)34)29-15-13-28(14-16-29)21-8-5-20(6-9-21)7-10-22-19(2)26-23(35-3)11-12-24(36-4)27(26)37-22/h5-6,8-9,11-12,18H,13-17H2,1-4H3,(H,31,32)(H,33,34)/p-1. The molecule has 0 radical (unpaired) electrons. The summed E-state index contributed by atoms with van der Waals surface area (Å²) in [4.78, 5) is 13.2. The summed E-state index contributed by atoms with van der Waals surface area (Å²) in [5.74, 6) is 7.09. The van der Waals surface area contributed by atoms with Gasteiger partial charge in [0.05, 0.1) is 26.0 Å². The Hall–Kier alpha value is -3.56. The van der Waals surface area contributed by atoms with E-state index in [0.29, 0.717) is 49.0 Å². The Kier molecular flexibility index (Phi) is 8.58. The molecule has 11 heteroatoms. The Morgan fingerprint density at radius 2 is 1.74 bits per heavy atom. The van der Waals surface area contributed by atoms with Crippen molar-refractivity contribution in [1.82, 2.24) is 9.42 Å². The first-order valence-corrected chi connectivity index (χ1v) is 13.1. The average Bonchev–Trinajstić information content (AvgIpc) is 3.23. The van der Waals surface area contributed by atoms with Gasteiger partial charge in [-0.25, -0.2) is 5.01 Å². The number of benzene rings is 2. The first kappa shape index (κ1) is 27.5. The normalized spacial score (nSPS) is 15.7. The van der Waals surface area contributed by atoms with Crippen LogP contribution >= 0.6 is 0 Å². The molecule has 3 aromatic rings. The van der Waals surface area contributed by atoms with Gasteiger partial charge in [-0.3, -0.25) is 9.00 Å². The smallest absolute Gasteiger partial charge is 0.305 e. The summed E-state index contributed by atoms with van der Waals surface area (Å²) < 4.78 is 41.6. The van der Waals surface area contributed by atoms with Crippen LogP contribution in [0.3, 0.4) is 0 Å². The number of furan rings is 1. The number of hydrogen-bond acceptors (Lipinski definition) is 8. The predicted molar refractivity (Wildman–Crippen MR) is 143 cm³/mol. The SMILES string of the molecule is COc1ccc(OC)c2c(C)c(C#Cc3ccc(N4CCN(N(C(C)CC(=O)O)S(=O)[O-])CC4)cc3)oc12. The van der Waals surface area contributed by atoms with E-state index in [9.17, 15) is 13.6 Å². The number of anilines is 1. The molecule has 202 valence electrons. The van der Waals surface area contributed by atoms with Gasteiger partial charge >= 0.3 is 5.97 Å². The Labute approximate surface area is 224 Å². The number of fused-ring (bicyclic) bond motifs is 1. The lowest BCUT2D eigenvalue weighted by molar-refractivity contribution is -0.139. The second-order valence-electron chi connectivity index (χ2n) is 8.93. The highest BCUT2D eigenvalue weighted by Gasteiger charge is 2.28. The van der Waals surface area contributed by atoms with Crippen molar-refractivity contribution >= 4 is 33.9 Å². The molecule has 10 nitrogen and oxygen atoms in total. The molecule has 1 aromatic heterocycles. The minimum atomic E-state index is -2.55. The summed E-state index contributed by atoms with van der Waals surface area (Å²) in [6.07, 6.45) is -0.259. The number of carboxylic acids is 1. The molecule has 1 aliphatic rings. The molecule has 2 unspecified atom stereocenters. The zero-order chi connectivity index (χ0) is 27.4. The van der Waals surface area contributed by atoms with Crippen molar-refractivity contribution in [3.8, 4) is 23.3 Å². The minimum absolute atomic E-state index is 0.259. The van der Waals surface area contributed by atoms with Gasteiger partial charge in [-0.1, -0.05) is 5.92 Å².